The van der Waals surface area contributed by atoms with Crippen LogP contribution in [-0.2, 0) is 4.74 Å². The molecule has 0 aromatic heterocycles. The summed E-state index contributed by atoms with van der Waals surface area (Å²) in [6.45, 7) is 10.0. The van der Waals surface area contributed by atoms with Gasteiger partial charge in [-0.25, -0.2) is 0 Å². The number of nitrogens with zero attached hydrogens (tertiary/aromatic N) is 1. The van der Waals surface area contributed by atoms with E-state index in [9.17, 15) is 0 Å². The normalized spacial score (nSPS) is 27.4. The predicted molar refractivity (Wildman–Crippen MR) is 85.1 cm³/mol. The molecular weight excluding hydrogens is 248 g/mol. The zero-order chi connectivity index (χ0) is 14.0. The molecule has 1 N–H and O–H groups in total. The fourth-order valence-electron chi connectivity index (χ4n) is 3.73. The van der Waals surface area contributed by atoms with Crippen molar-refractivity contribution in [2.75, 3.05) is 45.9 Å². The van der Waals surface area contributed by atoms with Gasteiger partial charge in [0, 0.05) is 32.8 Å². The summed E-state index contributed by atoms with van der Waals surface area (Å²) in [5, 5.41) is 3.51. The number of fused-ring (bicyclic) bond motifs is 1. The summed E-state index contributed by atoms with van der Waals surface area (Å²) >= 11 is 0. The largest absolute Gasteiger partial charge is 0.380 e. The van der Waals surface area contributed by atoms with Crippen LogP contribution in [0.15, 0.2) is 0 Å². The number of piperidine rings is 1. The van der Waals surface area contributed by atoms with Crippen LogP contribution in [0.3, 0.4) is 0 Å². The molecule has 1 saturated carbocycles. The molecule has 0 amide bonds. The third kappa shape index (κ3) is 5.71. The Bertz CT molecular complexity index is 247. The number of ether oxygens (including phenoxy) is 1. The highest BCUT2D eigenvalue weighted by Crippen LogP contribution is 2.35. The van der Waals surface area contributed by atoms with Crippen LogP contribution in [0.5, 0.6) is 0 Å². The van der Waals surface area contributed by atoms with Gasteiger partial charge in [-0.15, -0.1) is 0 Å². The van der Waals surface area contributed by atoms with Crippen LogP contribution in [0.4, 0.5) is 0 Å². The van der Waals surface area contributed by atoms with Crippen molar-refractivity contribution in [1.82, 2.24) is 10.2 Å². The maximum Gasteiger partial charge on any atom is 0.0590 e. The van der Waals surface area contributed by atoms with Gasteiger partial charge in [0.05, 0.1) is 6.61 Å². The van der Waals surface area contributed by atoms with Crippen LogP contribution in [0.1, 0.15) is 51.9 Å². The summed E-state index contributed by atoms with van der Waals surface area (Å²) < 4.78 is 5.56. The molecule has 0 aromatic carbocycles. The molecule has 0 aromatic rings. The van der Waals surface area contributed by atoms with Crippen LogP contribution in [-0.4, -0.2) is 50.8 Å². The Kier molecular flexibility index (Phi) is 7.92. The van der Waals surface area contributed by atoms with Crippen molar-refractivity contribution in [1.29, 1.82) is 0 Å². The maximum absolute atomic E-state index is 5.56. The lowest BCUT2D eigenvalue weighted by molar-refractivity contribution is 0.0863. The molecule has 3 heteroatoms. The van der Waals surface area contributed by atoms with Gasteiger partial charge in [-0.05, 0) is 37.6 Å². The van der Waals surface area contributed by atoms with E-state index in [-0.39, 0.29) is 0 Å². The molecule has 1 heterocycles. The number of hydrogen-bond donors (Lipinski definition) is 1. The summed E-state index contributed by atoms with van der Waals surface area (Å²) in [4.78, 5) is 2.68. The highest BCUT2D eigenvalue weighted by atomic mass is 16.5. The van der Waals surface area contributed by atoms with Crippen LogP contribution in [0, 0.1) is 11.8 Å². The Hall–Kier alpha value is -0.120. The lowest BCUT2D eigenvalue weighted by Crippen LogP contribution is -2.44. The van der Waals surface area contributed by atoms with E-state index in [0.717, 1.165) is 38.1 Å². The van der Waals surface area contributed by atoms with Crippen molar-refractivity contribution in [3.8, 4) is 0 Å². The molecule has 0 bridgehead atoms. The Morgan fingerprint density at radius 3 is 2.75 bits per heavy atom. The topological polar surface area (TPSA) is 24.5 Å². The fourth-order valence-corrected chi connectivity index (χ4v) is 3.73. The molecule has 0 spiro atoms. The van der Waals surface area contributed by atoms with E-state index in [4.69, 9.17) is 4.74 Å². The first-order chi connectivity index (χ1) is 9.90. The van der Waals surface area contributed by atoms with Gasteiger partial charge in [-0.1, -0.05) is 32.6 Å². The standard InChI is InChI=1S/C17H34N2O/c1-2-3-13-20-14-10-18-9-12-19-11-8-16-6-4-5-7-17(16)15-19/h16-18H,2-15H2,1H3. The third-order valence-corrected chi connectivity index (χ3v) is 5.05. The minimum absolute atomic E-state index is 0.866. The number of rotatable bonds is 9. The first-order valence-corrected chi connectivity index (χ1v) is 8.91. The van der Waals surface area contributed by atoms with E-state index >= 15 is 0 Å². The monoisotopic (exact) mass is 282 g/mol. The highest BCUT2D eigenvalue weighted by molar-refractivity contribution is 4.83. The SMILES string of the molecule is CCCCOCCNCCN1CCC2CCCCC2C1. The molecule has 2 fully saturated rings. The van der Waals surface area contributed by atoms with E-state index in [2.05, 4.69) is 17.1 Å². The molecule has 20 heavy (non-hydrogen) atoms. The Morgan fingerprint density at radius 2 is 1.90 bits per heavy atom. The van der Waals surface area contributed by atoms with Crippen molar-refractivity contribution < 1.29 is 4.74 Å². The Morgan fingerprint density at radius 1 is 1.05 bits per heavy atom. The molecule has 0 radical (unpaired) electrons. The molecule has 2 unspecified atom stereocenters. The van der Waals surface area contributed by atoms with Crippen molar-refractivity contribution in [3.63, 3.8) is 0 Å². The van der Waals surface area contributed by atoms with E-state index in [1.807, 2.05) is 0 Å². The van der Waals surface area contributed by atoms with E-state index in [0.29, 0.717) is 0 Å². The summed E-state index contributed by atoms with van der Waals surface area (Å²) in [6, 6.07) is 0. The summed E-state index contributed by atoms with van der Waals surface area (Å²) in [5.41, 5.74) is 0. The van der Waals surface area contributed by atoms with Crippen molar-refractivity contribution in [2.24, 2.45) is 11.8 Å². The van der Waals surface area contributed by atoms with Gasteiger partial charge in [0.25, 0.3) is 0 Å². The minimum Gasteiger partial charge on any atom is -0.380 e. The second-order valence-electron chi connectivity index (χ2n) is 6.61. The molecule has 1 aliphatic carbocycles. The van der Waals surface area contributed by atoms with Gasteiger partial charge in [0.1, 0.15) is 0 Å². The van der Waals surface area contributed by atoms with Crippen molar-refractivity contribution in [3.05, 3.63) is 0 Å². The predicted octanol–water partition coefficient (Wildman–Crippen LogP) is 2.90. The maximum atomic E-state index is 5.56. The van der Waals surface area contributed by atoms with Gasteiger partial charge in [0.15, 0.2) is 0 Å². The number of unbranched alkanes of at least 4 members (excludes halogenated alkanes) is 1. The fraction of sp³-hybridized carbons (Fsp3) is 1.00. The molecule has 118 valence electrons. The molecule has 2 aliphatic rings. The summed E-state index contributed by atoms with van der Waals surface area (Å²) in [5.74, 6) is 2.06. The van der Waals surface area contributed by atoms with Gasteiger partial charge >= 0.3 is 0 Å². The van der Waals surface area contributed by atoms with Crippen LogP contribution < -0.4 is 5.32 Å². The summed E-state index contributed by atoms with van der Waals surface area (Å²) in [6.07, 6.45) is 9.82. The second-order valence-corrected chi connectivity index (χ2v) is 6.61. The number of nitrogens with one attached hydrogen (secondary N) is 1. The highest BCUT2D eigenvalue weighted by Gasteiger charge is 2.30. The van der Waals surface area contributed by atoms with Crippen molar-refractivity contribution in [2.45, 2.75) is 51.9 Å². The van der Waals surface area contributed by atoms with Gasteiger partial charge in [-0.3, -0.25) is 0 Å². The average Bonchev–Trinajstić information content (AvgIpc) is 2.50. The third-order valence-electron chi connectivity index (χ3n) is 5.05. The van der Waals surface area contributed by atoms with Crippen LogP contribution in [0.2, 0.25) is 0 Å². The molecule has 1 aliphatic heterocycles. The van der Waals surface area contributed by atoms with E-state index in [1.165, 1.54) is 64.6 Å². The summed E-state index contributed by atoms with van der Waals surface area (Å²) in [7, 11) is 0. The first kappa shape index (κ1) is 16.3. The molecular formula is C17H34N2O. The zero-order valence-electron chi connectivity index (χ0n) is 13.4. The lowest BCUT2D eigenvalue weighted by atomic mass is 9.75. The van der Waals surface area contributed by atoms with Crippen LogP contribution >= 0.6 is 0 Å². The molecule has 1 saturated heterocycles. The Labute approximate surface area is 125 Å². The lowest BCUT2D eigenvalue weighted by Gasteiger charge is -2.41. The number of likely N-dealkylation sites (tertiary alicyclic amines) is 1. The van der Waals surface area contributed by atoms with Gasteiger partial charge in [0.2, 0.25) is 0 Å². The average molecular weight is 282 g/mol. The van der Waals surface area contributed by atoms with E-state index in [1.54, 1.807) is 0 Å². The minimum atomic E-state index is 0.866. The van der Waals surface area contributed by atoms with E-state index < -0.39 is 0 Å². The smallest absolute Gasteiger partial charge is 0.0590 e. The zero-order valence-corrected chi connectivity index (χ0v) is 13.4. The van der Waals surface area contributed by atoms with Gasteiger partial charge in [-0.2, -0.15) is 0 Å². The molecule has 2 rings (SSSR count). The Balaban J connectivity index is 1.46. The molecule has 2 atom stereocenters. The molecule has 3 nitrogen and oxygen atoms in total. The van der Waals surface area contributed by atoms with Crippen molar-refractivity contribution >= 4 is 0 Å². The quantitative estimate of drug-likeness (QED) is 0.658. The van der Waals surface area contributed by atoms with Crippen LogP contribution in [0.25, 0.3) is 0 Å². The first-order valence-electron chi connectivity index (χ1n) is 8.91. The van der Waals surface area contributed by atoms with Gasteiger partial charge < -0.3 is 15.0 Å². The number of hydrogen-bond acceptors (Lipinski definition) is 3. The second kappa shape index (κ2) is 9.75.